The van der Waals surface area contributed by atoms with Gasteiger partial charge in [-0.25, -0.2) is 9.97 Å². The topological polar surface area (TPSA) is 62.1 Å². The lowest BCUT2D eigenvalue weighted by Crippen LogP contribution is -2.43. The highest BCUT2D eigenvalue weighted by molar-refractivity contribution is 7.19. The summed E-state index contributed by atoms with van der Waals surface area (Å²) in [6, 6.07) is 3.93. The van der Waals surface area contributed by atoms with Crippen molar-refractivity contribution in [1.82, 2.24) is 15.0 Å². The quantitative estimate of drug-likeness (QED) is 0.753. The second-order valence-electron chi connectivity index (χ2n) is 7.43. The van der Waals surface area contributed by atoms with Crippen molar-refractivity contribution in [2.24, 2.45) is 5.92 Å². The lowest BCUT2D eigenvalue weighted by molar-refractivity contribution is 0.103. The SMILES string of the molecule is CC1CCN(c2nc(-c3cccnc3)nc3sc4c(c23)CCC4)CC1O. The van der Waals surface area contributed by atoms with Crippen LogP contribution in [-0.2, 0) is 12.8 Å². The number of nitrogens with zero attached hydrogens (tertiary/aromatic N) is 4. The van der Waals surface area contributed by atoms with Gasteiger partial charge in [-0.15, -0.1) is 11.3 Å². The van der Waals surface area contributed by atoms with Crippen LogP contribution in [-0.4, -0.2) is 39.3 Å². The van der Waals surface area contributed by atoms with E-state index in [9.17, 15) is 5.11 Å². The molecule has 0 radical (unpaired) electrons. The maximum atomic E-state index is 10.4. The minimum Gasteiger partial charge on any atom is -0.391 e. The normalized spacial score (nSPS) is 22.8. The van der Waals surface area contributed by atoms with Crippen LogP contribution in [0.1, 0.15) is 30.2 Å². The minimum atomic E-state index is -0.303. The molecule has 1 aliphatic heterocycles. The molecule has 2 unspecified atom stereocenters. The molecule has 3 aromatic rings. The molecule has 1 saturated heterocycles. The van der Waals surface area contributed by atoms with Crippen LogP contribution in [0.3, 0.4) is 0 Å². The van der Waals surface area contributed by atoms with Crippen LogP contribution >= 0.6 is 11.3 Å². The van der Waals surface area contributed by atoms with Crippen molar-refractivity contribution in [3.8, 4) is 11.4 Å². The molecule has 1 fully saturated rings. The molecule has 134 valence electrons. The van der Waals surface area contributed by atoms with Gasteiger partial charge in [0.05, 0.1) is 11.5 Å². The average Bonchev–Trinajstić information content (AvgIpc) is 3.25. The van der Waals surface area contributed by atoms with Gasteiger partial charge < -0.3 is 10.0 Å². The van der Waals surface area contributed by atoms with Crippen molar-refractivity contribution in [2.75, 3.05) is 18.0 Å². The van der Waals surface area contributed by atoms with Crippen LogP contribution in [0.4, 0.5) is 5.82 Å². The Labute approximate surface area is 156 Å². The van der Waals surface area contributed by atoms with Crippen molar-refractivity contribution in [3.63, 3.8) is 0 Å². The lowest BCUT2D eigenvalue weighted by Gasteiger charge is -2.35. The standard InChI is InChI=1S/C20H22N4OS/c1-12-7-9-24(11-15(12)25)19-17-14-5-2-6-16(14)26-20(17)23-18(22-19)13-4-3-8-21-10-13/h3-4,8,10,12,15,25H,2,5-7,9,11H2,1H3. The number of hydrogen-bond acceptors (Lipinski definition) is 6. The van der Waals surface area contributed by atoms with Crippen molar-refractivity contribution >= 4 is 27.4 Å². The zero-order valence-electron chi connectivity index (χ0n) is 14.9. The van der Waals surface area contributed by atoms with Gasteiger partial charge in [-0.05, 0) is 49.3 Å². The highest BCUT2D eigenvalue weighted by Crippen LogP contribution is 2.42. The zero-order chi connectivity index (χ0) is 17.7. The number of aryl methyl sites for hydroxylation is 2. The second-order valence-corrected chi connectivity index (χ2v) is 8.51. The van der Waals surface area contributed by atoms with Gasteiger partial charge in [-0.3, -0.25) is 4.98 Å². The fraction of sp³-hybridized carbons (Fsp3) is 0.450. The van der Waals surface area contributed by atoms with Gasteiger partial charge in [0.25, 0.3) is 0 Å². The van der Waals surface area contributed by atoms with Gasteiger partial charge in [0.15, 0.2) is 5.82 Å². The summed E-state index contributed by atoms with van der Waals surface area (Å²) in [4.78, 5) is 18.9. The van der Waals surface area contributed by atoms with Crippen molar-refractivity contribution in [1.29, 1.82) is 0 Å². The number of rotatable bonds is 2. The summed E-state index contributed by atoms with van der Waals surface area (Å²) < 4.78 is 0. The number of aliphatic hydroxyl groups excluding tert-OH is 1. The first kappa shape index (κ1) is 16.1. The maximum absolute atomic E-state index is 10.4. The minimum absolute atomic E-state index is 0.303. The Morgan fingerprint density at radius 2 is 2.19 bits per heavy atom. The van der Waals surface area contributed by atoms with Gasteiger partial charge in [-0.2, -0.15) is 0 Å². The Morgan fingerprint density at radius 3 is 3.00 bits per heavy atom. The monoisotopic (exact) mass is 366 g/mol. The highest BCUT2D eigenvalue weighted by Gasteiger charge is 2.29. The number of piperidine rings is 1. The van der Waals surface area contributed by atoms with Gasteiger partial charge in [0, 0.05) is 35.9 Å². The van der Waals surface area contributed by atoms with E-state index in [0.717, 1.165) is 47.8 Å². The predicted octanol–water partition coefficient (Wildman–Crippen LogP) is 3.45. The Kier molecular flexibility index (Phi) is 3.90. The summed E-state index contributed by atoms with van der Waals surface area (Å²) >= 11 is 1.81. The fourth-order valence-corrected chi connectivity index (χ4v) is 5.33. The van der Waals surface area contributed by atoms with Gasteiger partial charge in [0.2, 0.25) is 0 Å². The Hall–Kier alpha value is -2.05. The predicted molar refractivity (Wildman–Crippen MR) is 105 cm³/mol. The first-order valence-corrected chi connectivity index (χ1v) is 10.2. The number of pyridine rings is 1. The maximum Gasteiger partial charge on any atom is 0.164 e. The first-order valence-electron chi connectivity index (χ1n) is 9.36. The molecule has 0 amide bonds. The molecule has 2 atom stereocenters. The highest BCUT2D eigenvalue weighted by atomic mass is 32.1. The van der Waals surface area contributed by atoms with Crippen LogP contribution in [0.5, 0.6) is 0 Å². The van der Waals surface area contributed by atoms with Crippen LogP contribution in [0, 0.1) is 5.92 Å². The largest absolute Gasteiger partial charge is 0.391 e. The molecule has 26 heavy (non-hydrogen) atoms. The Bertz CT molecular complexity index is 955. The van der Waals surface area contributed by atoms with E-state index in [1.807, 2.05) is 29.7 Å². The fourth-order valence-electron chi connectivity index (χ4n) is 4.07. The Morgan fingerprint density at radius 1 is 1.27 bits per heavy atom. The summed E-state index contributed by atoms with van der Waals surface area (Å²) in [7, 11) is 0. The molecular formula is C20H22N4OS. The van der Waals surface area contributed by atoms with Crippen LogP contribution < -0.4 is 4.90 Å². The average molecular weight is 366 g/mol. The van der Waals surface area contributed by atoms with Crippen LogP contribution in [0.25, 0.3) is 21.6 Å². The van der Waals surface area contributed by atoms with E-state index in [2.05, 4.69) is 16.8 Å². The number of fused-ring (bicyclic) bond motifs is 3. The number of anilines is 1. The number of aliphatic hydroxyl groups is 1. The molecule has 0 spiro atoms. The molecule has 5 nitrogen and oxygen atoms in total. The van der Waals surface area contributed by atoms with E-state index >= 15 is 0 Å². The third-order valence-electron chi connectivity index (χ3n) is 5.68. The van der Waals surface area contributed by atoms with E-state index in [1.54, 1.807) is 6.20 Å². The molecular weight excluding hydrogens is 344 g/mol. The van der Waals surface area contributed by atoms with E-state index in [0.29, 0.717) is 12.5 Å². The number of β-amino-alcohol motifs (C(OH)–C–C–N with tert-alkyl or cyclic N) is 1. The number of hydrogen-bond donors (Lipinski definition) is 1. The summed E-state index contributed by atoms with van der Waals surface area (Å²) in [5.74, 6) is 2.07. The van der Waals surface area contributed by atoms with Crippen molar-refractivity contribution < 1.29 is 5.11 Å². The molecule has 0 bridgehead atoms. The number of aromatic nitrogens is 3. The molecule has 2 aliphatic rings. The van der Waals surface area contributed by atoms with Crippen molar-refractivity contribution in [3.05, 3.63) is 35.0 Å². The van der Waals surface area contributed by atoms with Gasteiger partial charge in [0.1, 0.15) is 10.6 Å². The molecule has 6 heteroatoms. The second kappa shape index (κ2) is 6.28. The molecule has 1 aliphatic carbocycles. The first-order chi connectivity index (χ1) is 12.7. The molecule has 4 heterocycles. The summed E-state index contributed by atoms with van der Waals surface area (Å²) in [5.41, 5.74) is 2.38. The third-order valence-corrected chi connectivity index (χ3v) is 6.87. The van der Waals surface area contributed by atoms with E-state index in [1.165, 1.54) is 22.2 Å². The van der Waals surface area contributed by atoms with Gasteiger partial charge >= 0.3 is 0 Å². The van der Waals surface area contributed by atoms with Gasteiger partial charge in [-0.1, -0.05) is 6.92 Å². The van der Waals surface area contributed by atoms with Crippen LogP contribution in [0.2, 0.25) is 0 Å². The summed E-state index contributed by atoms with van der Waals surface area (Å²) in [5, 5.41) is 11.6. The zero-order valence-corrected chi connectivity index (χ0v) is 15.7. The molecule has 0 saturated carbocycles. The van der Waals surface area contributed by atoms with E-state index < -0.39 is 0 Å². The molecule has 3 aromatic heterocycles. The summed E-state index contributed by atoms with van der Waals surface area (Å²) in [6.45, 7) is 3.70. The molecule has 0 aromatic carbocycles. The number of thiophene rings is 1. The third kappa shape index (κ3) is 2.59. The van der Waals surface area contributed by atoms with Crippen molar-refractivity contribution in [2.45, 2.75) is 38.7 Å². The van der Waals surface area contributed by atoms with E-state index in [-0.39, 0.29) is 6.10 Å². The van der Waals surface area contributed by atoms with E-state index in [4.69, 9.17) is 9.97 Å². The smallest absolute Gasteiger partial charge is 0.164 e. The molecule has 5 rings (SSSR count). The van der Waals surface area contributed by atoms with Crippen LogP contribution in [0.15, 0.2) is 24.5 Å². The summed E-state index contributed by atoms with van der Waals surface area (Å²) in [6.07, 6.45) is 7.76. The lowest BCUT2D eigenvalue weighted by atomic mass is 9.96. The molecule has 1 N–H and O–H groups in total. The Balaban J connectivity index is 1.69.